The van der Waals surface area contributed by atoms with Gasteiger partial charge in [0.25, 0.3) is 0 Å². The molecule has 0 N–H and O–H groups in total. The van der Waals surface area contributed by atoms with Crippen LogP contribution in [0.1, 0.15) is 24.7 Å². The molecule has 0 amide bonds. The maximum absolute atomic E-state index is 5.72. The molecule has 106 valence electrons. The van der Waals surface area contributed by atoms with Crippen LogP contribution in [0.2, 0.25) is 0 Å². The number of hydrogen-bond donors (Lipinski definition) is 0. The van der Waals surface area contributed by atoms with Crippen LogP contribution in [-0.4, -0.2) is 32.2 Å². The molecular formula is C14H20O3S2. The van der Waals surface area contributed by atoms with E-state index < -0.39 is 0 Å². The van der Waals surface area contributed by atoms with Gasteiger partial charge < -0.3 is 14.2 Å². The Kier molecular flexibility index (Phi) is 4.58. The van der Waals surface area contributed by atoms with E-state index in [0.29, 0.717) is 0 Å². The molecule has 1 aliphatic heterocycles. The van der Waals surface area contributed by atoms with Crippen molar-refractivity contribution >= 4 is 21.6 Å². The molecule has 0 aliphatic carbocycles. The number of ether oxygens (including phenoxy) is 3. The van der Waals surface area contributed by atoms with E-state index in [1.807, 2.05) is 33.7 Å². The molecule has 1 aliphatic rings. The molecule has 1 aromatic rings. The lowest BCUT2D eigenvalue weighted by atomic mass is 9.96. The van der Waals surface area contributed by atoms with Gasteiger partial charge in [0.2, 0.25) is 0 Å². The Labute approximate surface area is 122 Å². The first-order chi connectivity index (χ1) is 9.03. The second-order valence-electron chi connectivity index (χ2n) is 4.97. The van der Waals surface area contributed by atoms with Crippen LogP contribution >= 0.6 is 21.6 Å². The largest absolute Gasteiger partial charge is 0.497 e. The van der Waals surface area contributed by atoms with E-state index in [2.05, 4.69) is 19.9 Å². The highest BCUT2D eigenvalue weighted by atomic mass is 33.1. The van der Waals surface area contributed by atoms with Gasteiger partial charge in [-0.25, -0.2) is 0 Å². The van der Waals surface area contributed by atoms with E-state index in [4.69, 9.17) is 14.2 Å². The Morgan fingerprint density at radius 3 is 2.42 bits per heavy atom. The highest BCUT2D eigenvalue weighted by Crippen LogP contribution is 2.60. The average Bonchev–Trinajstić information content (AvgIpc) is 2.72. The second-order valence-corrected chi connectivity index (χ2v) is 7.96. The van der Waals surface area contributed by atoms with E-state index in [-0.39, 0.29) is 16.1 Å². The quantitative estimate of drug-likeness (QED) is 0.785. The summed E-state index contributed by atoms with van der Waals surface area (Å²) in [4.78, 5) is 0. The summed E-state index contributed by atoms with van der Waals surface area (Å²) in [6.45, 7) is 4.43. The SMILES string of the molecule is COc1ccc(C2SSC(C)(C)C2OC)c(OC)c1. The monoisotopic (exact) mass is 300 g/mol. The van der Waals surface area contributed by atoms with Gasteiger partial charge in [-0.3, -0.25) is 0 Å². The summed E-state index contributed by atoms with van der Waals surface area (Å²) in [6.07, 6.45) is 0.157. The second kappa shape index (κ2) is 5.85. The minimum absolute atomic E-state index is 0.0923. The highest BCUT2D eigenvalue weighted by molar-refractivity contribution is 8.77. The summed E-state index contributed by atoms with van der Waals surface area (Å²) in [6, 6.07) is 5.98. The maximum atomic E-state index is 5.72. The third-order valence-corrected chi connectivity index (χ3v) is 6.99. The van der Waals surface area contributed by atoms with Gasteiger partial charge in [-0.2, -0.15) is 0 Å². The highest BCUT2D eigenvalue weighted by Gasteiger charge is 2.45. The summed E-state index contributed by atoms with van der Waals surface area (Å²) < 4.78 is 16.6. The van der Waals surface area contributed by atoms with E-state index >= 15 is 0 Å². The number of benzene rings is 1. The van der Waals surface area contributed by atoms with Crippen molar-refractivity contribution in [2.45, 2.75) is 29.9 Å². The first-order valence-corrected chi connectivity index (χ1v) is 8.34. The number of rotatable bonds is 4. The fourth-order valence-corrected chi connectivity index (χ4v) is 5.88. The van der Waals surface area contributed by atoms with Crippen molar-refractivity contribution in [1.82, 2.24) is 0 Å². The van der Waals surface area contributed by atoms with Crippen LogP contribution in [0.15, 0.2) is 18.2 Å². The fraction of sp³-hybridized carbons (Fsp3) is 0.571. The van der Waals surface area contributed by atoms with Gasteiger partial charge in [0.05, 0.1) is 25.6 Å². The van der Waals surface area contributed by atoms with Crippen molar-refractivity contribution in [2.75, 3.05) is 21.3 Å². The molecular weight excluding hydrogens is 280 g/mol. The van der Waals surface area contributed by atoms with Crippen molar-refractivity contribution in [3.05, 3.63) is 23.8 Å². The van der Waals surface area contributed by atoms with Gasteiger partial charge in [0.1, 0.15) is 11.5 Å². The molecule has 0 saturated carbocycles. The normalized spacial score (nSPS) is 25.3. The van der Waals surface area contributed by atoms with Gasteiger partial charge >= 0.3 is 0 Å². The van der Waals surface area contributed by atoms with Crippen LogP contribution in [0.4, 0.5) is 0 Å². The summed E-state index contributed by atoms with van der Waals surface area (Å²) in [5.74, 6) is 1.67. The van der Waals surface area contributed by atoms with Gasteiger partial charge in [-0.1, -0.05) is 27.7 Å². The van der Waals surface area contributed by atoms with E-state index in [1.54, 1.807) is 21.3 Å². The average molecular weight is 300 g/mol. The van der Waals surface area contributed by atoms with Crippen LogP contribution in [0, 0.1) is 0 Å². The van der Waals surface area contributed by atoms with E-state index in [0.717, 1.165) is 11.5 Å². The first-order valence-electron chi connectivity index (χ1n) is 6.12. The van der Waals surface area contributed by atoms with Gasteiger partial charge in [-0.15, -0.1) is 0 Å². The van der Waals surface area contributed by atoms with Crippen molar-refractivity contribution in [1.29, 1.82) is 0 Å². The predicted molar refractivity (Wildman–Crippen MR) is 82.3 cm³/mol. The molecule has 5 heteroatoms. The van der Waals surface area contributed by atoms with Crippen molar-refractivity contribution in [2.24, 2.45) is 0 Å². The summed E-state index contributed by atoms with van der Waals surface area (Å²) in [5.41, 5.74) is 1.17. The molecule has 1 heterocycles. The summed E-state index contributed by atoms with van der Waals surface area (Å²) >= 11 is 0. The molecule has 2 unspecified atom stereocenters. The molecule has 1 fully saturated rings. The minimum Gasteiger partial charge on any atom is -0.497 e. The zero-order chi connectivity index (χ0) is 14.0. The number of methoxy groups -OCH3 is 3. The van der Waals surface area contributed by atoms with Gasteiger partial charge in [0, 0.05) is 23.5 Å². The Hall–Kier alpha value is -0.520. The lowest BCUT2D eigenvalue weighted by molar-refractivity contribution is 0.0786. The Bertz CT molecular complexity index is 448. The van der Waals surface area contributed by atoms with E-state index in [1.165, 1.54) is 5.56 Å². The third-order valence-electron chi connectivity index (χ3n) is 3.33. The molecule has 0 bridgehead atoms. The topological polar surface area (TPSA) is 27.7 Å². The molecule has 1 saturated heterocycles. The lowest BCUT2D eigenvalue weighted by Gasteiger charge is -2.27. The predicted octanol–water partition coefficient (Wildman–Crippen LogP) is 3.93. The molecule has 19 heavy (non-hydrogen) atoms. The smallest absolute Gasteiger partial charge is 0.127 e. The molecule has 0 aromatic heterocycles. The Morgan fingerprint density at radius 1 is 1.11 bits per heavy atom. The van der Waals surface area contributed by atoms with Crippen LogP contribution in [0.25, 0.3) is 0 Å². The third kappa shape index (κ3) is 2.83. The van der Waals surface area contributed by atoms with Crippen molar-refractivity contribution in [3.63, 3.8) is 0 Å². The Balaban J connectivity index is 2.36. The van der Waals surface area contributed by atoms with Gasteiger partial charge in [0.15, 0.2) is 0 Å². The van der Waals surface area contributed by atoms with Crippen LogP contribution in [0.5, 0.6) is 11.5 Å². The molecule has 0 radical (unpaired) electrons. The molecule has 3 nitrogen and oxygen atoms in total. The summed E-state index contributed by atoms with van der Waals surface area (Å²) in [7, 11) is 8.85. The number of hydrogen-bond acceptors (Lipinski definition) is 5. The molecule has 0 spiro atoms. The zero-order valence-electron chi connectivity index (χ0n) is 11.9. The van der Waals surface area contributed by atoms with Crippen molar-refractivity contribution in [3.8, 4) is 11.5 Å². The van der Waals surface area contributed by atoms with Gasteiger partial charge in [-0.05, 0) is 19.9 Å². The molecule has 1 aromatic carbocycles. The van der Waals surface area contributed by atoms with E-state index in [9.17, 15) is 0 Å². The maximum Gasteiger partial charge on any atom is 0.127 e. The van der Waals surface area contributed by atoms with Crippen LogP contribution < -0.4 is 9.47 Å². The molecule has 2 rings (SSSR count). The van der Waals surface area contributed by atoms with Crippen LogP contribution in [0.3, 0.4) is 0 Å². The zero-order valence-corrected chi connectivity index (χ0v) is 13.6. The first kappa shape index (κ1) is 14.9. The summed E-state index contributed by atoms with van der Waals surface area (Å²) in [5, 5.41) is 0.269. The fourth-order valence-electron chi connectivity index (χ4n) is 2.31. The Morgan fingerprint density at radius 2 is 1.84 bits per heavy atom. The standard InChI is InChI=1S/C14H20O3S2/c1-14(2)13(17-5)12(18-19-14)10-7-6-9(15-3)8-11(10)16-4/h6-8,12-13H,1-5H3. The van der Waals surface area contributed by atoms with Crippen LogP contribution in [-0.2, 0) is 4.74 Å². The van der Waals surface area contributed by atoms with Crippen molar-refractivity contribution < 1.29 is 14.2 Å². The minimum atomic E-state index is 0.0923. The lowest BCUT2D eigenvalue weighted by Crippen LogP contribution is -2.33. The molecule has 2 atom stereocenters.